The van der Waals surface area contributed by atoms with E-state index in [0.29, 0.717) is 0 Å². The molecule has 0 aliphatic heterocycles. The van der Waals surface area contributed by atoms with E-state index in [2.05, 4.69) is 10.9 Å². The Hall–Kier alpha value is -1.66. The molecule has 0 fully saturated rings. The molecule has 58 valence electrons. The van der Waals surface area contributed by atoms with Crippen molar-refractivity contribution in [3.63, 3.8) is 0 Å². The van der Waals surface area contributed by atoms with Crippen LogP contribution in [0.5, 0.6) is 0 Å². The summed E-state index contributed by atoms with van der Waals surface area (Å²) in [5.41, 5.74) is 10.8. The summed E-state index contributed by atoms with van der Waals surface area (Å²) in [6.45, 7) is 0. The quantitative estimate of drug-likeness (QED) is 0.339. The smallest absolute Gasteiger partial charge is 0.268 e. The van der Waals surface area contributed by atoms with Crippen LogP contribution in [0.3, 0.4) is 0 Å². The second-order valence-corrected chi connectivity index (χ2v) is 2.78. The summed E-state index contributed by atoms with van der Waals surface area (Å²) in [7, 11) is 0. The topological polar surface area (TPSA) is 36.4 Å². The van der Waals surface area contributed by atoms with Crippen molar-refractivity contribution >= 4 is 12.3 Å². The largest absolute Gasteiger partial charge is 0.362 e. The number of fused-ring (bicyclic) bond motifs is 1. The molecule has 2 nitrogen and oxygen atoms in total. The van der Waals surface area contributed by atoms with Gasteiger partial charge in [0.2, 0.25) is 0 Å². The Morgan fingerprint density at radius 3 is 3.00 bits per heavy atom. The molecule has 2 rings (SSSR count). The predicted octanol–water partition coefficient (Wildman–Crippen LogP) is 2.10. The first-order chi connectivity index (χ1) is 5.92. The van der Waals surface area contributed by atoms with Gasteiger partial charge < -0.3 is 5.53 Å². The zero-order valence-corrected chi connectivity index (χ0v) is 6.51. The van der Waals surface area contributed by atoms with Gasteiger partial charge >= 0.3 is 0 Å². The minimum atomic E-state index is 0.145. The van der Waals surface area contributed by atoms with Gasteiger partial charge in [0.1, 0.15) is 0 Å². The van der Waals surface area contributed by atoms with Gasteiger partial charge in [0, 0.05) is 0 Å². The molecule has 1 aliphatic rings. The fourth-order valence-electron chi connectivity index (χ4n) is 1.48. The molecule has 0 N–H and O–H groups in total. The molecule has 1 aromatic carbocycles. The van der Waals surface area contributed by atoms with E-state index in [-0.39, 0.29) is 5.92 Å². The maximum Gasteiger partial charge on any atom is 0.268 e. The lowest BCUT2D eigenvalue weighted by molar-refractivity contribution is 0.000528. The average Bonchev–Trinajstić information content (AvgIpc) is 2.50. The van der Waals surface area contributed by atoms with Crippen LogP contribution < -0.4 is 0 Å². The van der Waals surface area contributed by atoms with E-state index >= 15 is 0 Å². The minimum absolute atomic E-state index is 0.145. The SMILES string of the molecule is [N-]=[N+]=CC1C=Cc2ccccc21. The summed E-state index contributed by atoms with van der Waals surface area (Å²) in [6.07, 6.45) is 5.59. The lowest BCUT2D eigenvalue weighted by atomic mass is 10.0. The highest BCUT2D eigenvalue weighted by atomic mass is 14.8. The van der Waals surface area contributed by atoms with E-state index in [1.807, 2.05) is 30.4 Å². The summed E-state index contributed by atoms with van der Waals surface area (Å²) in [6, 6.07) is 8.09. The fraction of sp³-hybridized carbons (Fsp3) is 0.100. The molecule has 0 bridgehead atoms. The average molecular weight is 156 g/mol. The molecule has 0 amide bonds. The van der Waals surface area contributed by atoms with Crippen LogP contribution in [0.15, 0.2) is 30.3 Å². The number of hydrogen-bond acceptors (Lipinski definition) is 0. The second-order valence-electron chi connectivity index (χ2n) is 2.78. The molecule has 0 saturated heterocycles. The Balaban J connectivity index is 2.48. The Morgan fingerprint density at radius 1 is 1.33 bits per heavy atom. The molecular formula is C10H8N2. The maximum absolute atomic E-state index is 8.39. The third-order valence-corrected chi connectivity index (χ3v) is 2.07. The van der Waals surface area contributed by atoms with Gasteiger partial charge in [-0.3, -0.25) is 0 Å². The third-order valence-electron chi connectivity index (χ3n) is 2.07. The molecule has 1 aliphatic carbocycles. The molecule has 0 heterocycles. The summed E-state index contributed by atoms with van der Waals surface area (Å²) < 4.78 is 0. The molecule has 0 aromatic heterocycles. The first-order valence-electron chi connectivity index (χ1n) is 3.86. The maximum atomic E-state index is 8.39. The van der Waals surface area contributed by atoms with Crippen molar-refractivity contribution in [2.45, 2.75) is 5.92 Å². The van der Waals surface area contributed by atoms with E-state index in [9.17, 15) is 0 Å². The van der Waals surface area contributed by atoms with Crippen LogP contribution in [0.25, 0.3) is 11.6 Å². The fourth-order valence-corrected chi connectivity index (χ4v) is 1.48. The number of hydrogen-bond donors (Lipinski definition) is 0. The second kappa shape index (κ2) is 2.76. The summed E-state index contributed by atoms with van der Waals surface area (Å²) >= 11 is 0. The van der Waals surface area contributed by atoms with Crippen molar-refractivity contribution in [2.24, 2.45) is 0 Å². The number of allylic oxidation sites excluding steroid dienone is 1. The molecule has 1 aromatic rings. The zero-order chi connectivity index (χ0) is 8.39. The normalized spacial score (nSPS) is 18.5. The third kappa shape index (κ3) is 0.987. The van der Waals surface area contributed by atoms with Gasteiger partial charge in [-0.1, -0.05) is 36.4 Å². The Morgan fingerprint density at radius 2 is 2.17 bits per heavy atom. The van der Waals surface area contributed by atoms with Crippen LogP contribution in [-0.2, 0) is 0 Å². The molecule has 1 unspecified atom stereocenters. The molecular weight excluding hydrogens is 148 g/mol. The van der Waals surface area contributed by atoms with Crippen LogP contribution in [0.4, 0.5) is 0 Å². The van der Waals surface area contributed by atoms with Crippen molar-refractivity contribution in [1.82, 2.24) is 0 Å². The Bertz CT molecular complexity index is 373. The van der Waals surface area contributed by atoms with Crippen LogP contribution in [-0.4, -0.2) is 11.0 Å². The van der Waals surface area contributed by atoms with Crippen molar-refractivity contribution in [3.8, 4) is 0 Å². The van der Waals surface area contributed by atoms with Gasteiger partial charge in [-0.25, -0.2) is 0 Å². The highest BCUT2D eigenvalue weighted by molar-refractivity contribution is 5.77. The first-order valence-corrected chi connectivity index (χ1v) is 3.86. The van der Waals surface area contributed by atoms with Gasteiger partial charge in [-0.2, -0.15) is 4.79 Å². The Labute approximate surface area is 70.8 Å². The van der Waals surface area contributed by atoms with Gasteiger partial charge in [0.15, 0.2) is 0 Å². The summed E-state index contributed by atoms with van der Waals surface area (Å²) in [5, 5.41) is 0. The van der Waals surface area contributed by atoms with E-state index in [4.69, 9.17) is 5.53 Å². The van der Waals surface area contributed by atoms with Crippen molar-refractivity contribution in [1.29, 1.82) is 0 Å². The highest BCUT2D eigenvalue weighted by Gasteiger charge is 2.17. The minimum Gasteiger partial charge on any atom is -0.362 e. The van der Waals surface area contributed by atoms with Gasteiger partial charge in [-0.15, -0.1) is 0 Å². The van der Waals surface area contributed by atoms with Crippen LogP contribution in [0.1, 0.15) is 17.0 Å². The summed E-state index contributed by atoms with van der Waals surface area (Å²) in [4.78, 5) is 3.04. The van der Waals surface area contributed by atoms with Crippen LogP contribution in [0.2, 0.25) is 0 Å². The van der Waals surface area contributed by atoms with Crippen molar-refractivity contribution in [2.75, 3.05) is 0 Å². The lowest BCUT2D eigenvalue weighted by Crippen LogP contribution is -1.93. The summed E-state index contributed by atoms with van der Waals surface area (Å²) in [5.74, 6) is 0.145. The standard InChI is InChI=1S/C10H8N2/c11-12-7-9-6-5-8-3-1-2-4-10(8)9/h1-7,9H. The van der Waals surface area contributed by atoms with E-state index in [0.717, 1.165) is 0 Å². The van der Waals surface area contributed by atoms with Crippen molar-refractivity contribution < 1.29 is 4.79 Å². The van der Waals surface area contributed by atoms with E-state index in [1.165, 1.54) is 17.3 Å². The lowest BCUT2D eigenvalue weighted by Gasteiger charge is -1.98. The number of benzene rings is 1. The molecule has 0 radical (unpaired) electrons. The van der Waals surface area contributed by atoms with Gasteiger partial charge in [0.05, 0.1) is 5.92 Å². The molecule has 0 spiro atoms. The molecule has 12 heavy (non-hydrogen) atoms. The monoisotopic (exact) mass is 156 g/mol. The van der Waals surface area contributed by atoms with Crippen molar-refractivity contribution in [3.05, 3.63) is 47.0 Å². The van der Waals surface area contributed by atoms with E-state index in [1.54, 1.807) is 0 Å². The molecule has 1 atom stereocenters. The number of rotatable bonds is 1. The van der Waals surface area contributed by atoms with Gasteiger partial charge in [-0.05, 0) is 11.1 Å². The van der Waals surface area contributed by atoms with Crippen LogP contribution in [0, 0.1) is 0 Å². The molecule has 0 saturated carbocycles. The van der Waals surface area contributed by atoms with Crippen LogP contribution >= 0.6 is 0 Å². The zero-order valence-electron chi connectivity index (χ0n) is 6.51. The number of nitrogens with zero attached hydrogens (tertiary/aromatic N) is 2. The molecule has 2 heteroatoms. The van der Waals surface area contributed by atoms with Gasteiger partial charge in [0.25, 0.3) is 6.21 Å². The highest BCUT2D eigenvalue weighted by Crippen LogP contribution is 2.27. The van der Waals surface area contributed by atoms with E-state index < -0.39 is 0 Å². The Kier molecular flexibility index (Phi) is 1.61. The first kappa shape index (κ1) is 7.01. The predicted molar refractivity (Wildman–Crippen MR) is 47.9 cm³/mol.